The summed E-state index contributed by atoms with van der Waals surface area (Å²) in [6, 6.07) is 9.22. The van der Waals surface area contributed by atoms with Crippen LogP contribution in [0.3, 0.4) is 0 Å². The van der Waals surface area contributed by atoms with Crippen LogP contribution in [0.1, 0.15) is 18.5 Å². The molecule has 2 rings (SSSR count). The Bertz CT molecular complexity index is 619. The number of rotatable bonds is 4. The van der Waals surface area contributed by atoms with Crippen molar-refractivity contribution in [3.05, 3.63) is 58.1 Å². The molecule has 0 amide bonds. The van der Waals surface area contributed by atoms with Crippen molar-refractivity contribution in [2.45, 2.75) is 13.0 Å². The minimum atomic E-state index is -0.850. The van der Waals surface area contributed by atoms with Gasteiger partial charge >= 0.3 is 0 Å². The molecular formula is C15H14BrF2NO. The van der Waals surface area contributed by atoms with Crippen molar-refractivity contribution >= 4 is 21.6 Å². The van der Waals surface area contributed by atoms with Gasteiger partial charge in [0.1, 0.15) is 5.75 Å². The maximum Gasteiger partial charge on any atom is 0.164 e. The van der Waals surface area contributed by atoms with Gasteiger partial charge in [0.2, 0.25) is 0 Å². The first-order valence-corrected chi connectivity index (χ1v) is 6.86. The van der Waals surface area contributed by atoms with Gasteiger partial charge in [0.25, 0.3) is 0 Å². The number of anilines is 1. The van der Waals surface area contributed by atoms with Crippen molar-refractivity contribution in [2.75, 3.05) is 12.4 Å². The molecule has 0 spiro atoms. The van der Waals surface area contributed by atoms with Crippen LogP contribution in [0.2, 0.25) is 0 Å². The summed E-state index contributed by atoms with van der Waals surface area (Å²) in [7, 11) is 1.56. The van der Waals surface area contributed by atoms with E-state index >= 15 is 0 Å². The largest absolute Gasteiger partial charge is 0.495 e. The van der Waals surface area contributed by atoms with Crippen molar-refractivity contribution in [1.29, 1.82) is 0 Å². The zero-order chi connectivity index (χ0) is 14.7. The van der Waals surface area contributed by atoms with Crippen LogP contribution in [-0.2, 0) is 0 Å². The molecule has 0 saturated carbocycles. The molecule has 0 aliphatic rings. The van der Waals surface area contributed by atoms with Crippen LogP contribution in [-0.4, -0.2) is 7.11 Å². The van der Waals surface area contributed by atoms with Gasteiger partial charge in [-0.2, -0.15) is 0 Å². The van der Waals surface area contributed by atoms with Crippen LogP contribution in [0, 0.1) is 11.6 Å². The lowest BCUT2D eigenvalue weighted by Gasteiger charge is -2.18. The minimum absolute atomic E-state index is 0.270. The van der Waals surface area contributed by atoms with Crippen molar-refractivity contribution in [3.63, 3.8) is 0 Å². The summed E-state index contributed by atoms with van der Waals surface area (Å²) in [5.41, 5.74) is 0.977. The zero-order valence-corrected chi connectivity index (χ0v) is 12.7. The molecule has 0 bridgehead atoms. The summed E-state index contributed by atoms with van der Waals surface area (Å²) in [5.74, 6) is -1.05. The van der Waals surface area contributed by atoms with Gasteiger partial charge in [-0.3, -0.25) is 0 Å². The molecule has 1 unspecified atom stereocenters. The van der Waals surface area contributed by atoms with E-state index in [0.717, 1.165) is 10.5 Å². The normalized spacial score (nSPS) is 12.1. The molecule has 2 nitrogen and oxygen atoms in total. The first-order chi connectivity index (χ1) is 9.52. The van der Waals surface area contributed by atoms with Crippen molar-refractivity contribution in [3.8, 4) is 5.75 Å². The lowest BCUT2D eigenvalue weighted by Crippen LogP contribution is -2.10. The average Bonchev–Trinajstić information content (AvgIpc) is 2.42. The number of ether oxygens (including phenoxy) is 1. The van der Waals surface area contributed by atoms with Gasteiger partial charge in [-0.05, 0) is 31.2 Å². The molecule has 0 aromatic heterocycles. The smallest absolute Gasteiger partial charge is 0.164 e. The predicted molar refractivity (Wildman–Crippen MR) is 79.1 cm³/mol. The summed E-state index contributed by atoms with van der Waals surface area (Å²) in [6.07, 6.45) is 0. The number of nitrogens with one attached hydrogen (secondary N) is 1. The van der Waals surface area contributed by atoms with Crippen molar-refractivity contribution in [2.24, 2.45) is 0 Å². The van der Waals surface area contributed by atoms with E-state index in [0.29, 0.717) is 11.4 Å². The highest BCUT2D eigenvalue weighted by atomic mass is 79.9. The highest BCUT2D eigenvalue weighted by Crippen LogP contribution is 2.31. The van der Waals surface area contributed by atoms with E-state index in [4.69, 9.17) is 4.74 Å². The Kier molecular flexibility index (Phi) is 4.60. The molecule has 2 aromatic rings. The fourth-order valence-electron chi connectivity index (χ4n) is 1.96. The first-order valence-electron chi connectivity index (χ1n) is 6.07. The summed E-state index contributed by atoms with van der Waals surface area (Å²) in [4.78, 5) is 0. The van der Waals surface area contributed by atoms with Gasteiger partial charge < -0.3 is 10.1 Å². The van der Waals surface area contributed by atoms with Crippen LogP contribution in [0.25, 0.3) is 0 Å². The minimum Gasteiger partial charge on any atom is -0.495 e. The molecule has 0 saturated heterocycles. The number of hydrogen-bond donors (Lipinski definition) is 1. The molecule has 0 aliphatic heterocycles. The second-order valence-corrected chi connectivity index (χ2v) is 5.27. The van der Waals surface area contributed by atoms with E-state index in [2.05, 4.69) is 21.2 Å². The zero-order valence-electron chi connectivity index (χ0n) is 11.1. The van der Waals surface area contributed by atoms with E-state index in [1.807, 2.05) is 12.1 Å². The summed E-state index contributed by atoms with van der Waals surface area (Å²) < 4.78 is 33.1. The first kappa shape index (κ1) is 14.8. The lowest BCUT2D eigenvalue weighted by atomic mass is 10.1. The highest BCUT2D eigenvalue weighted by molar-refractivity contribution is 9.10. The fourth-order valence-corrected chi connectivity index (χ4v) is 2.32. The Balaban J connectivity index is 2.30. The second-order valence-electron chi connectivity index (χ2n) is 4.35. The lowest BCUT2D eigenvalue weighted by molar-refractivity contribution is 0.416. The molecule has 2 aromatic carbocycles. The second kappa shape index (κ2) is 6.22. The van der Waals surface area contributed by atoms with E-state index in [9.17, 15) is 8.78 Å². The van der Waals surface area contributed by atoms with Gasteiger partial charge in [-0.15, -0.1) is 0 Å². The van der Waals surface area contributed by atoms with Crippen molar-refractivity contribution < 1.29 is 13.5 Å². The average molecular weight is 342 g/mol. The molecule has 0 fully saturated rings. The molecule has 1 atom stereocenters. The molecule has 5 heteroatoms. The Morgan fingerprint density at radius 2 is 1.95 bits per heavy atom. The molecule has 20 heavy (non-hydrogen) atoms. The Labute approximate surface area is 124 Å². The summed E-state index contributed by atoms with van der Waals surface area (Å²) in [5, 5.41) is 3.12. The summed E-state index contributed by atoms with van der Waals surface area (Å²) >= 11 is 3.37. The number of methoxy groups -OCH3 is 1. The van der Waals surface area contributed by atoms with E-state index < -0.39 is 17.7 Å². The monoisotopic (exact) mass is 341 g/mol. The Morgan fingerprint density at radius 1 is 1.20 bits per heavy atom. The third kappa shape index (κ3) is 3.10. The molecule has 0 radical (unpaired) electrons. The van der Waals surface area contributed by atoms with Crippen LogP contribution in [0.4, 0.5) is 14.5 Å². The van der Waals surface area contributed by atoms with Crippen LogP contribution >= 0.6 is 15.9 Å². The van der Waals surface area contributed by atoms with E-state index in [1.165, 1.54) is 6.07 Å². The van der Waals surface area contributed by atoms with E-state index in [-0.39, 0.29) is 5.56 Å². The molecule has 106 valence electrons. The standard InChI is InChI=1S/C15H14BrF2NO/c1-9(11-4-3-5-12(17)15(11)18)19-13-8-10(16)6-7-14(13)20-2/h3-9,19H,1-2H3. The molecular weight excluding hydrogens is 328 g/mol. The third-order valence-electron chi connectivity index (χ3n) is 2.98. The molecule has 1 N–H and O–H groups in total. The fraction of sp³-hybridized carbons (Fsp3) is 0.200. The highest BCUT2D eigenvalue weighted by Gasteiger charge is 2.15. The SMILES string of the molecule is COc1ccc(Br)cc1NC(C)c1cccc(F)c1F. The van der Waals surface area contributed by atoms with Gasteiger partial charge in [0, 0.05) is 10.0 Å². The number of benzene rings is 2. The molecule has 0 aliphatic carbocycles. The molecule has 0 heterocycles. The van der Waals surface area contributed by atoms with Gasteiger partial charge in [-0.1, -0.05) is 28.1 Å². The van der Waals surface area contributed by atoms with E-state index in [1.54, 1.807) is 26.2 Å². The third-order valence-corrected chi connectivity index (χ3v) is 3.47. The maximum absolute atomic E-state index is 13.8. The van der Waals surface area contributed by atoms with Gasteiger partial charge in [-0.25, -0.2) is 8.78 Å². The topological polar surface area (TPSA) is 21.3 Å². The Hall–Kier alpha value is -1.62. The predicted octanol–water partition coefficient (Wildman–Crippen LogP) is 4.91. The number of halogens is 3. The van der Waals surface area contributed by atoms with Gasteiger partial charge in [0.05, 0.1) is 18.8 Å². The summed E-state index contributed by atoms with van der Waals surface area (Å²) in [6.45, 7) is 1.76. The van der Waals surface area contributed by atoms with Crippen molar-refractivity contribution in [1.82, 2.24) is 0 Å². The maximum atomic E-state index is 13.8. The van der Waals surface area contributed by atoms with Gasteiger partial charge in [0.15, 0.2) is 11.6 Å². The quantitative estimate of drug-likeness (QED) is 0.853. The number of hydrogen-bond acceptors (Lipinski definition) is 2. The van der Waals surface area contributed by atoms with Crippen LogP contribution < -0.4 is 10.1 Å². The Morgan fingerprint density at radius 3 is 2.65 bits per heavy atom. The van der Waals surface area contributed by atoms with Crippen LogP contribution in [0.5, 0.6) is 5.75 Å². The van der Waals surface area contributed by atoms with Crippen LogP contribution in [0.15, 0.2) is 40.9 Å².